The number of fused-ring (bicyclic) bond motifs is 1. The van der Waals surface area contributed by atoms with Gasteiger partial charge in [0.15, 0.2) is 0 Å². The molecule has 3 heterocycles. The summed E-state index contributed by atoms with van der Waals surface area (Å²) in [6, 6.07) is 13.6. The highest BCUT2D eigenvalue weighted by Gasteiger charge is 2.17. The summed E-state index contributed by atoms with van der Waals surface area (Å²) in [4.78, 5) is 26.9. The van der Waals surface area contributed by atoms with Gasteiger partial charge in [0, 0.05) is 63.1 Å². The first-order valence-electron chi connectivity index (χ1n) is 13.6. The van der Waals surface area contributed by atoms with Crippen molar-refractivity contribution in [1.82, 2.24) is 24.7 Å². The molecule has 1 saturated heterocycles. The summed E-state index contributed by atoms with van der Waals surface area (Å²) in [6.45, 7) is 17.2. The summed E-state index contributed by atoms with van der Waals surface area (Å²) in [5.41, 5.74) is 4.07. The van der Waals surface area contributed by atoms with Gasteiger partial charge in [-0.15, -0.1) is 0 Å². The molecule has 4 rings (SSSR count). The smallest absolute Gasteiger partial charge is 0.270 e. The van der Waals surface area contributed by atoms with Crippen molar-refractivity contribution in [2.45, 2.75) is 20.3 Å². The maximum absolute atomic E-state index is 13.0. The van der Waals surface area contributed by atoms with Crippen molar-refractivity contribution in [2.24, 2.45) is 0 Å². The van der Waals surface area contributed by atoms with Gasteiger partial charge in [-0.25, -0.2) is 0 Å². The van der Waals surface area contributed by atoms with E-state index < -0.39 is 0 Å². The number of morpholine rings is 1. The van der Waals surface area contributed by atoms with E-state index in [9.17, 15) is 4.79 Å². The van der Waals surface area contributed by atoms with E-state index in [1.54, 1.807) is 17.2 Å². The molecule has 2 N–H and O–H groups in total. The van der Waals surface area contributed by atoms with Gasteiger partial charge in [-0.3, -0.25) is 14.7 Å². The van der Waals surface area contributed by atoms with Crippen LogP contribution >= 0.6 is 0 Å². The lowest BCUT2D eigenvalue weighted by atomic mass is 10.2. The summed E-state index contributed by atoms with van der Waals surface area (Å²) in [6.07, 6.45) is 6.33. The van der Waals surface area contributed by atoms with Crippen LogP contribution in [0.25, 0.3) is 16.6 Å². The van der Waals surface area contributed by atoms with Crippen LogP contribution in [0.2, 0.25) is 0 Å². The molecule has 0 aliphatic carbocycles. The van der Waals surface area contributed by atoms with Crippen molar-refractivity contribution >= 4 is 28.2 Å². The molecule has 2 aromatic heterocycles. The molecule has 1 aliphatic heterocycles. The largest absolute Gasteiger partial charge is 0.379 e. The van der Waals surface area contributed by atoms with Gasteiger partial charge in [-0.2, -0.15) is 0 Å². The molecule has 0 atom stereocenters. The van der Waals surface area contributed by atoms with Crippen LogP contribution in [-0.4, -0.2) is 84.1 Å². The van der Waals surface area contributed by atoms with Gasteiger partial charge in [0.05, 0.1) is 24.6 Å². The second-order valence-corrected chi connectivity index (χ2v) is 9.15. The molecule has 1 amide bonds. The van der Waals surface area contributed by atoms with Gasteiger partial charge in [0.1, 0.15) is 11.5 Å². The number of allylic oxidation sites excluding steroid dienone is 2. The molecule has 3 aromatic rings. The number of H-pyrrole nitrogens is 1. The van der Waals surface area contributed by atoms with Gasteiger partial charge in [0.2, 0.25) is 0 Å². The zero-order chi connectivity index (χ0) is 28.2. The Morgan fingerprint density at radius 2 is 1.95 bits per heavy atom. The summed E-state index contributed by atoms with van der Waals surface area (Å²) < 4.78 is 5.40. The molecular weight excluding hydrogens is 488 g/mol. The van der Waals surface area contributed by atoms with Gasteiger partial charge in [-0.1, -0.05) is 39.1 Å². The quantitative estimate of drug-likeness (QED) is 0.322. The fraction of sp³-hybridized carbons (Fsp3) is 0.355. The van der Waals surface area contributed by atoms with Crippen LogP contribution in [0.5, 0.6) is 0 Å². The first kappa shape index (κ1) is 29.7. The average Bonchev–Trinajstić information content (AvgIpc) is 3.40. The molecule has 8 nitrogen and oxygen atoms in total. The normalized spacial score (nSPS) is 13.8. The van der Waals surface area contributed by atoms with E-state index in [0.29, 0.717) is 18.1 Å². The Bertz CT molecular complexity index is 1260. The van der Waals surface area contributed by atoms with Gasteiger partial charge < -0.3 is 24.8 Å². The average molecular weight is 531 g/mol. The Balaban J connectivity index is 0.00000205. The Morgan fingerprint density at radius 1 is 1.18 bits per heavy atom. The van der Waals surface area contributed by atoms with Crippen molar-refractivity contribution in [1.29, 1.82) is 0 Å². The molecule has 1 fully saturated rings. The number of ether oxygens (including phenoxy) is 1. The lowest BCUT2D eigenvalue weighted by Gasteiger charge is -2.27. The summed E-state index contributed by atoms with van der Waals surface area (Å²) in [5, 5.41) is 4.32. The number of rotatable bonds is 11. The third-order valence-electron chi connectivity index (χ3n) is 6.53. The minimum atomic E-state index is -0.00797. The van der Waals surface area contributed by atoms with E-state index in [1.807, 2.05) is 81.4 Å². The van der Waals surface area contributed by atoms with Gasteiger partial charge in [-0.05, 0) is 48.9 Å². The van der Waals surface area contributed by atoms with E-state index in [2.05, 4.69) is 33.3 Å². The highest BCUT2D eigenvalue weighted by molar-refractivity contribution is 5.98. The number of nitrogens with one attached hydrogen (secondary N) is 2. The SMILES string of the molecule is C=C/C=C(/c1ccccn1)N(C)C(=C)Nc1ccc2[nH]c(C(=O)N(C)CCCN3CCOCC3)cc2c1.CC. The molecule has 208 valence electrons. The predicted molar refractivity (Wildman–Crippen MR) is 161 cm³/mol. The molecule has 0 spiro atoms. The maximum atomic E-state index is 13.0. The van der Waals surface area contributed by atoms with E-state index in [1.165, 1.54) is 0 Å². The number of benzene rings is 1. The number of anilines is 1. The van der Waals surface area contributed by atoms with E-state index in [4.69, 9.17) is 4.74 Å². The first-order chi connectivity index (χ1) is 19.0. The second-order valence-electron chi connectivity index (χ2n) is 9.15. The van der Waals surface area contributed by atoms with E-state index in [-0.39, 0.29) is 5.91 Å². The van der Waals surface area contributed by atoms with Crippen LogP contribution in [0, 0.1) is 0 Å². The van der Waals surface area contributed by atoms with Crippen molar-refractivity contribution < 1.29 is 9.53 Å². The van der Waals surface area contributed by atoms with Crippen LogP contribution < -0.4 is 5.32 Å². The predicted octanol–water partition coefficient (Wildman–Crippen LogP) is 5.43. The third-order valence-corrected chi connectivity index (χ3v) is 6.53. The monoisotopic (exact) mass is 530 g/mol. The first-order valence-corrected chi connectivity index (χ1v) is 13.6. The molecule has 0 radical (unpaired) electrons. The number of aromatic amines is 1. The highest BCUT2D eigenvalue weighted by Crippen LogP contribution is 2.24. The lowest BCUT2D eigenvalue weighted by molar-refractivity contribution is 0.0361. The van der Waals surface area contributed by atoms with Gasteiger partial charge in [0.25, 0.3) is 5.91 Å². The molecule has 0 unspecified atom stereocenters. The minimum absolute atomic E-state index is 0.00797. The van der Waals surface area contributed by atoms with Gasteiger partial charge >= 0.3 is 0 Å². The molecule has 1 aliphatic rings. The van der Waals surface area contributed by atoms with Crippen molar-refractivity contribution in [3.8, 4) is 0 Å². The van der Waals surface area contributed by atoms with Crippen LogP contribution in [0.3, 0.4) is 0 Å². The number of amides is 1. The van der Waals surface area contributed by atoms with E-state index >= 15 is 0 Å². The number of aromatic nitrogens is 2. The molecule has 8 heteroatoms. The highest BCUT2D eigenvalue weighted by atomic mass is 16.5. The summed E-state index contributed by atoms with van der Waals surface area (Å²) >= 11 is 0. The summed E-state index contributed by atoms with van der Waals surface area (Å²) in [7, 11) is 3.79. The fourth-order valence-electron chi connectivity index (χ4n) is 4.38. The minimum Gasteiger partial charge on any atom is -0.379 e. The zero-order valence-corrected chi connectivity index (χ0v) is 23.7. The zero-order valence-electron chi connectivity index (χ0n) is 23.7. The van der Waals surface area contributed by atoms with Crippen molar-refractivity contribution in [2.75, 3.05) is 58.8 Å². The number of hydrogen-bond donors (Lipinski definition) is 2. The maximum Gasteiger partial charge on any atom is 0.270 e. The van der Waals surface area contributed by atoms with Crippen molar-refractivity contribution in [3.63, 3.8) is 0 Å². The van der Waals surface area contributed by atoms with Crippen molar-refractivity contribution in [3.05, 3.63) is 91.2 Å². The number of carbonyl (C=O) groups excluding carboxylic acids is 1. The van der Waals surface area contributed by atoms with Crippen LogP contribution in [-0.2, 0) is 4.74 Å². The standard InChI is InChI=1S/C29H36N6O2.C2H6/c1-5-9-28(26-10-6-7-13-30-26)34(4)22(2)31-24-11-12-25-23(20-24)21-27(32-25)29(36)33(3)14-8-15-35-16-18-37-19-17-35;1-2/h5-7,9-13,20-21,31-32H,1-2,8,14-19H2,3-4H3;1-2H3/b28-9-;. The molecule has 0 saturated carbocycles. The lowest BCUT2D eigenvalue weighted by Crippen LogP contribution is -2.38. The Labute approximate surface area is 232 Å². The van der Waals surface area contributed by atoms with E-state index in [0.717, 1.165) is 67.3 Å². The topological polar surface area (TPSA) is 76.7 Å². The summed E-state index contributed by atoms with van der Waals surface area (Å²) in [5.74, 6) is 0.677. The second kappa shape index (κ2) is 14.9. The van der Waals surface area contributed by atoms with Crippen LogP contribution in [0.4, 0.5) is 5.69 Å². The number of pyridine rings is 1. The molecule has 39 heavy (non-hydrogen) atoms. The number of nitrogens with zero attached hydrogens (tertiary/aromatic N) is 4. The Hall–Kier alpha value is -3.88. The molecular formula is C31H42N6O2. The third kappa shape index (κ3) is 8.05. The fourth-order valence-corrected chi connectivity index (χ4v) is 4.38. The number of carbonyl (C=O) groups is 1. The Morgan fingerprint density at radius 3 is 2.64 bits per heavy atom. The Kier molecular flexibility index (Phi) is 11.3. The van der Waals surface area contributed by atoms with Crippen LogP contribution in [0.1, 0.15) is 36.5 Å². The van der Waals surface area contributed by atoms with Crippen LogP contribution in [0.15, 0.2) is 79.8 Å². The number of hydrogen-bond acceptors (Lipinski definition) is 6. The molecule has 0 bridgehead atoms. The molecule has 1 aromatic carbocycles.